The van der Waals surface area contributed by atoms with Crippen LogP contribution in [0.2, 0.25) is 0 Å². The molecular formula is C19H24BrClO2. The fraction of sp³-hybridized carbons (Fsp3) is 0.737. The van der Waals surface area contributed by atoms with E-state index in [1.807, 2.05) is 6.08 Å². The second-order valence-electron chi connectivity index (χ2n) is 8.15. The van der Waals surface area contributed by atoms with Gasteiger partial charge >= 0.3 is 0 Å². The van der Waals surface area contributed by atoms with E-state index in [1.165, 1.54) is 5.57 Å². The predicted octanol–water partition coefficient (Wildman–Crippen LogP) is 4.94. The van der Waals surface area contributed by atoms with E-state index in [9.17, 15) is 9.90 Å². The zero-order chi connectivity index (χ0) is 16.4. The zero-order valence-electron chi connectivity index (χ0n) is 13.5. The standard InChI is InChI=1S/C19H24BrClO2/c1-19-9-8-11-10-4-7-16(22)17(20)13(10)3-2-12(11)14(19)5-6-15(21)18(19)23/h6,10-12,14,18,23H,2-5,7-9H2,1H3/t10-,11-,12-,14+,18+,19+/m1/s1. The Morgan fingerprint density at radius 2 is 2.04 bits per heavy atom. The van der Waals surface area contributed by atoms with Gasteiger partial charge in [-0.3, -0.25) is 4.79 Å². The number of ketones is 1. The highest BCUT2D eigenvalue weighted by Crippen LogP contribution is 2.61. The van der Waals surface area contributed by atoms with Crippen LogP contribution in [0.25, 0.3) is 0 Å². The Morgan fingerprint density at radius 3 is 2.83 bits per heavy atom. The normalized spacial score (nSPS) is 46.7. The van der Waals surface area contributed by atoms with Crippen LogP contribution >= 0.6 is 27.5 Å². The highest BCUT2D eigenvalue weighted by molar-refractivity contribution is 9.12. The quantitative estimate of drug-likeness (QED) is 0.626. The molecule has 0 radical (unpaired) electrons. The van der Waals surface area contributed by atoms with E-state index in [-0.39, 0.29) is 11.2 Å². The Kier molecular flexibility index (Phi) is 4.06. The molecule has 0 amide bonds. The molecule has 0 aromatic rings. The van der Waals surface area contributed by atoms with Gasteiger partial charge in [0.05, 0.1) is 10.6 Å². The minimum absolute atomic E-state index is 0.0735. The Labute approximate surface area is 151 Å². The maximum absolute atomic E-state index is 12.0. The Balaban J connectivity index is 1.67. The van der Waals surface area contributed by atoms with Crippen molar-refractivity contribution in [2.75, 3.05) is 0 Å². The molecule has 2 fully saturated rings. The van der Waals surface area contributed by atoms with Gasteiger partial charge in [0, 0.05) is 16.9 Å². The van der Waals surface area contributed by atoms with Gasteiger partial charge in [-0.15, -0.1) is 0 Å². The van der Waals surface area contributed by atoms with Gasteiger partial charge in [-0.25, -0.2) is 0 Å². The smallest absolute Gasteiger partial charge is 0.169 e. The largest absolute Gasteiger partial charge is 0.387 e. The summed E-state index contributed by atoms with van der Waals surface area (Å²) in [6.45, 7) is 2.24. The monoisotopic (exact) mass is 398 g/mol. The fourth-order valence-corrected chi connectivity index (χ4v) is 7.06. The molecule has 1 N–H and O–H groups in total. The number of Topliss-reactive ketones (excluding diaryl/α,β-unsaturated/α-hetero) is 1. The van der Waals surface area contributed by atoms with Crippen molar-refractivity contribution < 1.29 is 9.90 Å². The van der Waals surface area contributed by atoms with Crippen molar-refractivity contribution in [2.24, 2.45) is 29.1 Å². The molecule has 0 aromatic carbocycles. The summed E-state index contributed by atoms with van der Waals surface area (Å²) in [5.74, 6) is 2.72. The van der Waals surface area contributed by atoms with E-state index >= 15 is 0 Å². The maximum atomic E-state index is 12.0. The molecule has 0 saturated heterocycles. The maximum Gasteiger partial charge on any atom is 0.169 e. The lowest BCUT2D eigenvalue weighted by Gasteiger charge is -2.57. The van der Waals surface area contributed by atoms with Crippen LogP contribution in [-0.4, -0.2) is 17.0 Å². The first-order chi connectivity index (χ1) is 10.9. The van der Waals surface area contributed by atoms with Gasteiger partial charge < -0.3 is 5.11 Å². The SMILES string of the molecule is C[C@]12CC[C@H]3[C@@H](CCC4=C(Br)C(=O)CC[C@@H]43)[C@@H]1CC=C(Cl)[C@@H]2O. The second-order valence-corrected chi connectivity index (χ2v) is 9.38. The molecule has 126 valence electrons. The number of rotatable bonds is 0. The Bertz CT molecular complexity index is 610. The van der Waals surface area contributed by atoms with Crippen molar-refractivity contribution in [3.63, 3.8) is 0 Å². The van der Waals surface area contributed by atoms with Crippen LogP contribution in [0.15, 0.2) is 21.2 Å². The van der Waals surface area contributed by atoms with Gasteiger partial charge in [0.25, 0.3) is 0 Å². The van der Waals surface area contributed by atoms with Crippen LogP contribution < -0.4 is 0 Å². The van der Waals surface area contributed by atoms with Crippen molar-refractivity contribution in [1.82, 2.24) is 0 Å². The van der Waals surface area contributed by atoms with E-state index in [4.69, 9.17) is 11.6 Å². The number of hydrogen-bond acceptors (Lipinski definition) is 2. The highest BCUT2D eigenvalue weighted by Gasteiger charge is 2.55. The molecule has 4 aliphatic rings. The lowest BCUT2D eigenvalue weighted by molar-refractivity contribution is -0.117. The topological polar surface area (TPSA) is 37.3 Å². The van der Waals surface area contributed by atoms with Crippen LogP contribution in [0.3, 0.4) is 0 Å². The summed E-state index contributed by atoms with van der Waals surface area (Å²) in [6, 6.07) is 0. The van der Waals surface area contributed by atoms with Gasteiger partial charge in [-0.2, -0.15) is 0 Å². The number of halogens is 2. The number of fused-ring (bicyclic) bond motifs is 5. The van der Waals surface area contributed by atoms with Gasteiger partial charge in [-0.1, -0.05) is 24.6 Å². The third-order valence-corrected chi connectivity index (χ3v) is 8.62. The number of carbonyl (C=O) groups excluding carboxylic acids is 1. The summed E-state index contributed by atoms with van der Waals surface area (Å²) >= 11 is 9.83. The predicted molar refractivity (Wildman–Crippen MR) is 95.3 cm³/mol. The van der Waals surface area contributed by atoms with E-state index in [0.29, 0.717) is 35.1 Å². The first-order valence-corrected chi connectivity index (χ1v) is 10.1. The average molecular weight is 400 g/mol. The molecule has 0 unspecified atom stereocenters. The molecule has 4 heteroatoms. The summed E-state index contributed by atoms with van der Waals surface area (Å²) in [4.78, 5) is 12.0. The molecule has 0 aromatic heterocycles. The third-order valence-electron chi connectivity index (χ3n) is 7.30. The van der Waals surface area contributed by atoms with Gasteiger partial charge in [0.15, 0.2) is 5.78 Å². The van der Waals surface area contributed by atoms with Gasteiger partial charge in [0.1, 0.15) is 0 Å². The molecule has 23 heavy (non-hydrogen) atoms. The van der Waals surface area contributed by atoms with E-state index in [0.717, 1.165) is 43.0 Å². The highest BCUT2D eigenvalue weighted by atomic mass is 79.9. The third kappa shape index (κ3) is 2.33. The molecule has 4 rings (SSSR count). The van der Waals surface area contributed by atoms with Crippen molar-refractivity contribution >= 4 is 33.3 Å². The number of aliphatic hydroxyl groups is 1. The van der Waals surface area contributed by atoms with Crippen LogP contribution in [0.1, 0.15) is 51.9 Å². The number of hydrogen-bond donors (Lipinski definition) is 1. The Hall–Kier alpha value is -0.120. The summed E-state index contributed by atoms with van der Waals surface area (Å²) in [7, 11) is 0. The summed E-state index contributed by atoms with van der Waals surface area (Å²) < 4.78 is 0.882. The molecule has 4 aliphatic carbocycles. The second kappa shape index (κ2) is 5.71. The minimum Gasteiger partial charge on any atom is -0.387 e. The molecule has 2 saturated carbocycles. The molecule has 0 heterocycles. The van der Waals surface area contributed by atoms with Crippen LogP contribution in [0, 0.1) is 29.1 Å². The molecule has 0 bridgehead atoms. The molecule has 0 spiro atoms. The zero-order valence-corrected chi connectivity index (χ0v) is 15.9. The molecule has 0 aliphatic heterocycles. The van der Waals surface area contributed by atoms with Crippen LogP contribution in [0.4, 0.5) is 0 Å². The molecule has 2 nitrogen and oxygen atoms in total. The first kappa shape index (κ1) is 16.4. The van der Waals surface area contributed by atoms with Crippen LogP contribution in [-0.2, 0) is 4.79 Å². The van der Waals surface area contributed by atoms with E-state index in [1.54, 1.807) is 0 Å². The van der Waals surface area contributed by atoms with Gasteiger partial charge in [0.2, 0.25) is 0 Å². The summed E-state index contributed by atoms with van der Waals surface area (Å²) in [6.07, 6.45) is 8.64. The minimum atomic E-state index is -0.500. The summed E-state index contributed by atoms with van der Waals surface area (Å²) in [5.41, 5.74) is 1.31. The molecular weight excluding hydrogens is 376 g/mol. The number of aliphatic hydroxyl groups excluding tert-OH is 1. The van der Waals surface area contributed by atoms with Crippen molar-refractivity contribution in [2.45, 2.75) is 58.0 Å². The number of carbonyl (C=O) groups is 1. The lowest BCUT2D eigenvalue weighted by Crippen LogP contribution is -2.52. The Morgan fingerprint density at radius 1 is 1.26 bits per heavy atom. The van der Waals surface area contributed by atoms with Crippen molar-refractivity contribution in [3.8, 4) is 0 Å². The molecule has 6 atom stereocenters. The number of allylic oxidation sites excluding steroid dienone is 3. The summed E-state index contributed by atoms with van der Waals surface area (Å²) in [5, 5.41) is 11.3. The average Bonchev–Trinajstić information content (AvgIpc) is 2.54. The van der Waals surface area contributed by atoms with Gasteiger partial charge in [-0.05, 0) is 83.7 Å². The van der Waals surface area contributed by atoms with Crippen molar-refractivity contribution in [1.29, 1.82) is 0 Å². The van der Waals surface area contributed by atoms with E-state index < -0.39 is 6.10 Å². The van der Waals surface area contributed by atoms with Crippen LogP contribution in [0.5, 0.6) is 0 Å². The van der Waals surface area contributed by atoms with Crippen molar-refractivity contribution in [3.05, 3.63) is 21.2 Å². The fourth-order valence-electron chi connectivity index (χ4n) is 6.03. The first-order valence-electron chi connectivity index (χ1n) is 8.89. The van der Waals surface area contributed by atoms with E-state index in [2.05, 4.69) is 22.9 Å². The lowest BCUT2D eigenvalue weighted by atomic mass is 9.49.